The Bertz CT molecular complexity index is 173. The Morgan fingerprint density at radius 2 is 2.00 bits per heavy atom. The van der Waals surface area contributed by atoms with Crippen molar-refractivity contribution in [2.75, 3.05) is 12.5 Å². The molecule has 0 radical (unpaired) electrons. The summed E-state index contributed by atoms with van der Waals surface area (Å²) >= 11 is 0. The van der Waals surface area contributed by atoms with E-state index in [0.29, 0.717) is 0 Å². The van der Waals surface area contributed by atoms with Gasteiger partial charge in [-0.2, -0.15) is 0 Å². The Balaban J connectivity index is 0. The molecule has 0 heterocycles. The number of hydrogen-bond donors (Lipinski definition) is 2. The van der Waals surface area contributed by atoms with E-state index in [2.05, 4.69) is 4.74 Å². The van der Waals surface area contributed by atoms with E-state index in [1.807, 2.05) is 0 Å². The molecule has 0 unspecified atom stereocenters. The van der Waals surface area contributed by atoms with Crippen molar-refractivity contribution in [1.29, 1.82) is 0 Å². The molecule has 2 N–H and O–H groups in total. The van der Waals surface area contributed by atoms with Crippen molar-refractivity contribution in [3.05, 3.63) is 0 Å². The fourth-order valence-corrected chi connectivity index (χ4v) is 0.564. The first-order chi connectivity index (χ1) is 4.66. The van der Waals surface area contributed by atoms with Crippen LogP contribution in [0.15, 0.2) is 0 Å². The van der Waals surface area contributed by atoms with Crippen LogP contribution in [-0.4, -0.2) is 56.4 Å². The van der Waals surface area contributed by atoms with Crippen molar-refractivity contribution >= 4 is 46.2 Å². The molecule has 0 saturated heterocycles. The molecule has 5 nitrogen and oxygen atoms in total. The Morgan fingerprint density at radius 3 is 2.36 bits per heavy atom. The Morgan fingerprint density at radius 1 is 1.45 bits per heavy atom. The van der Waals surface area contributed by atoms with Crippen LogP contribution in [0.4, 0.5) is 0 Å². The average Bonchev–Trinajstić information content (AvgIpc) is 1.85. The van der Waals surface area contributed by atoms with Gasteiger partial charge in [-0.1, -0.05) is 0 Å². The summed E-state index contributed by atoms with van der Waals surface area (Å²) in [5, 5.41) is 0. The first-order valence-electron chi connectivity index (χ1n) is 2.64. The van der Waals surface area contributed by atoms with Crippen molar-refractivity contribution in [3.8, 4) is 0 Å². The second-order valence-electron chi connectivity index (χ2n) is 1.52. The summed E-state index contributed by atoms with van der Waals surface area (Å²) in [4.78, 5) is 10.4. The monoisotopic (exact) mass is 191 g/mol. The summed E-state index contributed by atoms with van der Waals surface area (Å²) in [6, 6.07) is 0. The Hall–Kier alpha value is 0.380. The van der Waals surface area contributed by atoms with Crippen LogP contribution in [0.5, 0.6) is 0 Å². The average molecular weight is 191 g/mol. The molecule has 0 saturated carbocycles. The molecule has 0 bridgehead atoms. The van der Waals surface area contributed by atoms with Gasteiger partial charge in [-0.3, -0.25) is 4.79 Å². The van der Waals surface area contributed by atoms with Crippen LogP contribution >= 0.6 is 0 Å². The van der Waals surface area contributed by atoms with Crippen LogP contribution in [0, 0.1) is 0 Å². The summed E-state index contributed by atoms with van der Waals surface area (Å²) in [7, 11) is -2.63. The van der Waals surface area contributed by atoms with Gasteiger partial charge in [-0.15, -0.1) is 0 Å². The summed E-state index contributed by atoms with van der Waals surface area (Å²) in [5.41, 5.74) is 4.98. The number of carbonyl (C=O) groups excluding carboxylic acids is 1. The van der Waals surface area contributed by atoms with Gasteiger partial charge in [0.2, 0.25) is 0 Å². The molecule has 11 heavy (non-hydrogen) atoms. The predicted molar refractivity (Wildman–Crippen MR) is 42.1 cm³/mol. The maximum absolute atomic E-state index is 10.4. The molecule has 0 aliphatic carbocycles. The summed E-state index contributed by atoms with van der Waals surface area (Å²) in [5.74, 6) is -1.13. The molecule has 7 heteroatoms. The third kappa shape index (κ3) is 10.4. The molecule has 0 atom stereocenters. The molecule has 0 rings (SSSR count). The van der Waals surface area contributed by atoms with Gasteiger partial charge in [0.1, 0.15) is 0 Å². The van der Waals surface area contributed by atoms with E-state index < -0.39 is 22.6 Å². The van der Waals surface area contributed by atoms with Gasteiger partial charge in [0.05, 0.1) is 6.42 Å². The minimum absolute atomic E-state index is 0. The number of carbonyl (C=O) groups is 1. The SMILES string of the molecule is NCCC(=O)OC[SH](=O)=O.[NaH]. The molecule has 0 aromatic carbocycles. The summed E-state index contributed by atoms with van der Waals surface area (Å²) in [6.07, 6.45) is 0.0587. The third-order valence-electron chi connectivity index (χ3n) is 0.679. The van der Waals surface area contributed by atoms with Gasteiger partial charge in [0, 0.05) is 6.54 Å². The molecular weight excluding hydrogens is 181 g/mol. The van der Waals surface area contributed by atoms with Crippen molar-refractivity contribution in [2.45, 2.75) is 6.42 Å². The van der Waals surface area contributed by atoms with Crippen LogP contribution in [-0.2, 0) is 20.2 Å². The van der Waals surface area contributed by atoms with E-state index in [1.54, 1.807) is 0 Å². The van der Waals surface area contributed by atoms with Gasteiger partial charge in [-0.05, 0) is 0 Å². The topological polar surface area (TPSA) is 86.5 Å². The quantitative estimate of drug-likeness (QED) is 0.299. The molecule has 0 aliphatic heterocycles. The van der Waals surface area contributed by atoms with Crippen molar-refractivity contribution < 1.29 is 17.9 Å². The Labute approximate surface area is 88.5 Å². The van der Waals surface area contributed by atoms with Crippen LogP contribution in [0.2, 0.25) is 0 Å². The zero-order valence-electron chi connectivity index (χ0n) is 5.28. The molecule has 0 aromatic rings. The second kappa shape index (κ2) is 8.48. The van der Waals surface area contributed by atoms with Crippen molar-refractivity contribution in [3.63, 3.8) is 0 Å². The fourth-order valence-electron chi connectivity index (χ4n) is 0.315. The second-order valence-corrected chi connectivity index (χ2v) is 2.44. The van der Waals surface area contributed by atoms with E-state index in [0.717, 1.165) is 0 Å². The molecule has 0 aliphatic rings. The molecule has 0 fully saturated rings. The van der Waals surface area contributed by atoms with Gasteiger partial charge in [0.25, 0.3) is 0 Å². The van der Waals surface area contributed by atoms with Gasteiger partial charge in [0.15, 0.2) is 16.6 Å². The van der Waals surface area contributed by atoms with E-state index in [9.17, 15) is 13.2 Å². The third-order valence-corrected chi connectivity index (χ3v) is 1.02. The molecule has 62 valence electrons. The normalized spacial score (nSPS) is 8.91. The van der Waals surface area contributed by atoms with E-state index in [-0.39, 0.29) is 42.5 Å². The number of ether oxygens (including phenoxy) is 1. The zero-order valence-corrected chi connectivity index (χ0v) is 6.17. The number of nitrogens with two attached hydrogens (primary N) is 1. The summed E-state index contributed by atoms with van der Waals surface area (Å²) in [6.45, 7) is 0.175. The number of esters is 1. The van der Waals surface area contributed by atoms with Crippen molar-refractivity contribution in [2.24, 2.45) is 5.73 Å². The van der Waals surface area contributed by atoms with Gasteiger partial charge in [-0.25, -0.2) is 8.42 Å². The first kappa shape index (κ1) is 13.9. The molecule has 0 spiro atoms. The standard InChI is InChI=1S/C4H9NO4S.Na.H/c5-2-1-4(6)9-3-10(7)8;;/h10H,1-3,5H2;;. The van der Waals surface area contributed by atoms with Gasteiger partial charge < -0.3 is 10.5 Å². The van der Waals surface area contributed by atoms with E-state index >= 15 is 0 Å². The van der Waals surface area contributed by atoms with E-state index in [4.69, 9.17) is 5.73 Å². The van der Waals surface area contributed by atoms with Crippen LogP contribution in [0.25, 0.3) is 0 Å². The minimum atomic E-state index is -2.63. The first-order valence-corrected chi connectivity index (χ1v) is 4.00. The summed E-state index contributed by atoms with van der Waals surface area (Å²) < 4.78 is 23.9. The number of rotatable bonds is 4. The maximum atomic E-state index is 10.4. The molecule has 0 aromatic heterocycles. The van der Waals surface area contributed by atoms with E-state index in [1.165, 1.54) is 0 Å². The molecular formula is C4H10NNaO4S. The fraction of sp³-hybridized carbons (Fsp3) is 0.750. The van der Waals surface area contributed by atoms with Crippen molar-refractivity contribution in [1.82, 2.24) is 0 Å². The molecule has 0 amide bonds. The zero-order chi connectivity index (χ0) is 7.98. The van der Waals surface area contributed by atoms with Crippen LogP contribution in [0.1, 0.15) is 6.42 Å². The Kier molecular flexibility index (Phi) is 10.7. The van der Waals surface area contributed by atoms with Gasteiger partial charge >= 0.3 is 35.5 Å². The number of thiol groups is 1. The van der Waals surface area contributed by atoms with Crippen LogP contribution in [0.3, 0.4) is 0 Å². The number of hydrogen-bond acceptors (Lipinski definition) is 5. The van der Waals surface area contributed by atoms with Crippen LogP contribution < -0.4 is 5.73 Å². The predicted octanol–water partition coefficient (Wildman–Crippen LogP) is -2.20.